The van der Waals surface area contributed by atoms with E-state index in [2.05, 4.69) is 10.2 Å². The lowest BCUT2D eigenvalue weighted by atomic mass is 10.1. The number of sulfonamides is 1. The second kappa shape index (κ2) is 10.3. The van der Waals surface area contributed by atoms with Gasteiger partial charge in [0.1, 0.15) is 6.54 Å². The predicted octanol–water partition coefficient (Wildman–Crippen LogP) is 4.04. The SMILES string of the molecule is CS(=O)(=O)N(CC(=O)NCc1ccc(CN2CCCC2)cc1)c1ccc(Cl)c(C(F)(F)F)c1. The van der Waals surface area contributed by atoms with Gasteiger partial charge in [0.25, 0.3) is 0 Å². The Hall–Kier alpha value is -2.30. The first-order valence-corrected chi connectivity index (χ1v) is 12.6. The number of benzene rings is 2. The third kappa shape index (κ3) is 7.09. The van der Waals surface area contributed by atoms with Gasteiger partial charge in [0.15, 0.2) is 0 Å². The molecule has 180 valence electrons. The van der Waals surface area contributed by atoms with Crippen LogP contribution in [0.5, 0.6) is 0 Å². The molecule has 0 spiro atoms. The summed E-state index contributed by atoms with van der Waals surface area (Å²) in [5.41, 5.74) is 0.518. The van der Waals surface area contributed by atoms with Crippen LogP contribution in [0.25, 0.3) is 0 Å². The van der Waals surface area contributed by atoms with E-state index in [1.165, 1.54) is 18.4 Å². The topological polar surface area (TPSA) is 69.7 Å². The lowest BCUT2D eigenvalue weighted by Gasteiger charge is -2.23. The molecule has 0 unspecified atom stereocenters. The number of likely N-dealkylation sites (tertiary alicyclic amines) is 1. The number of anilines is 1. The number of nitrogens with zero attached hydrogens (tertiary/aromatic N) is 2. The van der Waals surface area contributed by atoms with Crippen LogP contribution in [-0.4, -0.2) is 45.1 Å². The third-order valence-corrected chi connectivity index (χ3v) is 6.82. The Morgan fingerprint density at radius 3 is 2.27 bits per heavy atom. The van der Waals surface area contributed by atoms with Crippen molar-refractivity contribution in [2.45, 2.75) is 32.1 Å². The summed E-state index contributed by atoms with van der Waals surface area (Å²) in [5.74, 6) is -0.648. The highest BCUT2D eigenvalue weighted by molar-refractivity contribution is 7.92. The maximum absolute atomic E-state index is 13.2. The monoisotopic (exact) mass is 503 g/mol. The van der Waals surface area contributed by atoms with E-state index in [9.17, 15) is 26.4 Å². The number of hydrogen-bond acceptors (Lipinski definition) is 4. The molecule has 1 amide bonds. The van der Waals surface area contributed by atoms with Gasteiger partial charge in [-0.2, -0.15) is 13.2 Å². The highest BCUT2D eigenvalue weighted by atomic mass is 35.5. The minimum absolute atomic E-state index is 0.162. The van der Waals surface area contributed by atoms with Gasteiger partial charge in [0, 0.05) is 13.1 Å². The largest absolute Gasteiger partial charge is 0.417 e. The zero-order valence-electron chi connectivity index (χ0n) is 18.0. The molecule has 2 aromatic rings. The smallest absolute Gasteiger partial charge is 0.350 e. The molecule has 0 aliphatic carbocycles. The van der Waals surface area contributed by atoms with E-state index in [1.807, 2.05) is 24.3 Å². The molecule has 33 heavy (non-hydrogen) atoms. The summed E-state index contributed by atoms with van der Waals surface area (Å²) in [4.78, 5) is 14.8. The Morgan fingerprint density at radius 2 is 1.70 bits per heavy atom. The average Bonchev–Trinajstić information content (AvgIpc) is 3.23. The molecule has 1 saturated heterocycles. The molecular formula is C22H25ClF3N3O3S. The molecule has 1 aliphatic heterocycles. The van der Waals surface area contributed by atoms with Gasteiger partial charge in [-0.15, -0.1) is 0 Å². The molecule has 0 aromatic heterocycles. The summed E-state index contributed by atoms with van der Waals surface area (Å²) in [6.07, 6.45) is -1.52. The number of halogens is 4. The minimum atomic E-state index is -4.76. The molecular weight excluding hydrogens is 479 g/mol. The fourth-order valence-electron chi connectivity index (χ4n) is 3.63. The van der Waals surface area contributed by atoms with Crippen molar-refractivity contribution in [3.8, 4) is 0 Å². The van der Waals surface area contributed by atoms with Gasteiger partial charge in [-0.25, -0.2) is 8.42 Å². The van der Waals surface area contributed by atoms with Crippen LogP contribution < -0.4 is 9.62 Å². The molecule has 11 heteroatoms. The molecule has 0 radical (unpaired) electrons. The first-order valence-electron chi connectivity index (χ1n) is 10.3. The molecule has 3 rings (SSSR count). The lowest BCUT2D eigenvalue weighted by molar-refractivity contribution is -0.137. The number of hydrogen-bond donors (Lipinski definition) is 1. The van der Waals surface area contributed by atoms with Crippen molar-refractivity contribution in [2.24, 2.45) is 0 Å². The van der Waals surface area contributed by atoms with Crippen molar-refractivity contribution in [1.29, 1.82) is 0 Å². The highest BCUT2D eigenvalue weighted by Crippen LogP contribution is 2.37. The number of rotatable bonds is 8. The Labute approximate surface area is 196 Å². The zero-order chi connectivity index (χ0) is 24.2. The van der Waals surface area contributed by atoms with Crippen LogP contribution in [0.15, 0.2) is 42.5 Å². The number of amides is 1. The normalized spacial score (nSPS) is 14.9. The predicted molar refractivity (Wildman–Crippen MR) is 121 cm³/mol. The second-order valence-electron chi connectivity index (χ2n) is 8.01. The summed E-state index contributed by atoms with van der Waals surface area (Å²) >= 11 is 5.61. The van der Waals surface area contributed by atoms with Gasteiger partial charge < -0.3 is 5.32 Å². The molecule has 0 saturated carbocycles. The standard InChI is InChI=1S/C22H25ClF3N3O3S/c1-33(31,32)29(18-8-9-20(23)19(12-18)22(24,25)26)15-21(30)27-13-16-4-6-17(7-5-16)14-28-10-2-3-11-28/h4-9,12H,2-3,10-11,13-15H2,1H3,(H,27,30). The minimum Gasteiger partial charge on any atom is -0.350 e. The Kier molecular flexibility index (Phi) is 7.92. The molecule has 1 aliphatic rings. The highest BCUT2D eigenvalue weighted by Gasteiger charge is 2.34. The van der Waals surface area contributed by atoms with Crippen molar-refractivity contribution in [1.82, 2.24) is 10.2 Å². The van der Waals surface area contributed by atoms with Crippen LogP contribution in [0.4, 0.5) is 18.9 Å². The van der Waals surface area contributed by atoms with E-state index in [0.717, 1.165) is 43.6 Å². The van der Waals surface area contributed by atoms with Crippen molar-refractivity contribution in [3.05, 3.63) is 64.2 Å². The number of alkyl halides is 3. The molecule has 1 fully saturated rings. The van der Waals surface area contributed by atoms with Crippen molar-refractivity contribution < 1.29 is 26.4 Å². The summed E-state index contributed by atoms with van der Waals surface area (Å²) in [6, 6.07) is 10.4. The molecule has 1 heterocycles. The first kappa shape index (κ1) is 25.3. The van der Waals surface area contributed by atoms with Gasteiger partial charge in [-0.1, -0.05) is 35.9 Å². The van der Waals surface area contributed by atoms with E-state index in [0.29, 0.717) is 10.4 Å². The van der Waals surface area contributed by atoms with E-state index in [1.54, 1.807) is 0 Å². The number of nitrogens with one attached hydrogen (secondary N) is 1. The van der Waals surface area contributed by atoms with Crippen molar-refractivity contribution >= 4 is 33.2 Å². The van der Waals surface area contributed by atoms with Crippen LogP contribution in [0.3, 0.4) is 0 Å². The van der Waals surface area contributed by atoms with E-state index in [-0.39, 0.29) is 12.2 Å². The van der Waals surface area contributed by atoms with Gasteiger partial charge in [-0.05, 0) is 55.3 Å². The fourth-order valence-corrected chi connectivity index (χ4v) is 4.71. The first-order chi connectivity index (χ1) is 15.4. The van der Waals surface area contributed by atoms with E-state index >= 15 is 0 Å². The van der Waals surface area contributed by atoms with Crippen LogP contribution in [0.1, 0.15) is 29.5 Å². The summed E-state index contributed by atoms with van der Waals surface area (Å²) in [7, 11) is -4.03. The number of carbonyl (C=O) groups excluding carboxylic acids is 1. The summed E-state index contributed by atoms with van der Waals surface area (Å²) in [5, 5.41) is 2.06. The van der Waals surface area contributed by atoms with Crippen molar-refractivity contribution in [3.63, 3.8) is 0 Å². The fraction of sp³-hybridized carbons (Fsp3) is 0.409. The summed E-state index contributed by atoms with van der Waals surface area (Å²) < 4.78 is 64.5. The average molecular weight is 504 g/mol. The maximum atomic E-state index is 13.2. The second-order valence-corrected chi connectivity index (χ2v) is 10.3. The van der Waals surface area contributed by atoms with Crippen LogP contribution in [0, 0.1) is 0 Å². The summed E-state index contributed by atoms with van der Waals surface area (Å²) in [6.45, 7) is 2.55. The number of carbonyl (C=O) groups is 1. The van der Waals surface area contributed by atoms with Crippen molar-refractivity contribution in [2.75, 3.05) is 30.2 Å². The Bertz CT molecular complexity index is 1090. The Morgan fingerprint density at radius 1 is 1.09 bits per heavy atom. The van der Waals surface area contributed by atoms with Gasteiger partial charge in [0.05, 0.1) is 22.5 Å². The third-order valence-electron chi connectivity index (χ3n) is 5.35. The van der Waals surface area contributed by atoms with Crippen LogP contribution in [0.2, 0.25) is 5.02 Å². The van der Waals surface area contributed by atoms with Gasteiger partial charge in [0.2, 0.25) is 15.9 Å². The Balaban J connectivity index is 1.64. The molecule has 2 aromatic carbocycles. The van der Waals surface area contributed by atoms with Crippen LogP contribution in [-0.2, 0) is 34.1 Å². The molecule has 0 atom stereocenters. The van der Waals surface area contributed by atoms with Gasteiger partial charge >= 0.3 is 6.18 Å². The lowest BCUT2D eigenvalue weighted by Crippen LogP contribution is -2.40. The quantitative estimate of drug-likeness (QED) is 0.590. The molecule has 6 nitrogen and oxygen atoms in total. The molecule has 1 N–H and O–H groups in total. The van der Waals surface area contributed by atoms with E-state index in [4.69, 9.17) is 11.6 Å². The van der Waals surface area contributed by atoms with Gasteiger partial charge in [-0.3, -0.25) is 14.0 Å². The zero-order valence-corrected chi connectivity index (χ0v) is 19.6. The van der Waals surface area contributed by atoms with E-state index < -0.39 is 39.2 Å². The maximum Gasteiger partial charge on any atom is 0.417 e. The molecule has 0 bridgehead atoms. The van der Waals surface area contributed by atoms with Crippen LogP contribution >= 0.6 is 11.6 Å².